The molecule has 20 heteroatoms. The van der Waals surface area contributed by atoms with E-state index in [1.807, 2.05) is 0 Å². The normalized spacial score (nSPS) is 10.8. The van der Waals surface area contributed by atoms with Gasteiger partial charge in [-0.15, -0.1) is 0 Å². The highest BCUT2D eigenvalue weighted by molar-refractivity contribution is 8.05. The van der Waals surface area contributed by atoms with E-state index in [4.69, 9.17) is 48.9 Å². The molecule has 4 N–H and O–H groups in total. The van der Waals surface area contributed by atoms with Crippen molar-refractivity contribution in [2.75, 3.05) is 23.0 Å². The molecule has 0 aliphatic carbocycles. The molecule has 0 saturated heterocycles. The highest BCUT2D eigenvalue weighted by Gasteiger charge is 2.02. The van der Waals surface area contributed by atoms with Gasteiger partial charge in [0, 0.05) is 23.0 Å². The van der Waals surface area contributed by atoms with Crippen LogP contribution in [0.3, 0.4) is 0 Å². The van der Waals surface area contributed by atoms with Crippen LogP contribution in [0.25, 0.3) is 0 Å². The molecule has 0 unspecified atom stereocenters. The van der Waals surface area contributed by atoms with Crippen molar-refractivity contribution < 1.29 is 0 Å². The summed E-state index contributed by atoms with van der Waals surface area (Å²) in [7, 11) is 0. The van der Waals surface area contributed by atoms with E-state index in [1.54, 1.807) is 47.0 Å². The van der Waals surface area contributed by atoms with Gasteiger partial charge in [0.15, 0.2) is 33.2 Å². The Morgan fingerprint density at radius 2 is 0.688 bits per heavy atom. The molecule has 4 rings (SSSR count). The maximum absolute atomic E-state index is 4.95. The number of thioether (sulfide) groups is 4. The van der Waals surface area contributed by atoms with Crippen molar-refractivity contribution >= 4 is 141 Å². The SMILES string of the molecule is S=c1[nH]nc(SCCSc2n[nH]c(=S)s2)s1.S=c1[nH]nc(SCCSc2n[nH]c(=S)s2)s1. The topological polar surface area (TPSA) is 115 Å². The summed E-state index contributed by atoms with van der Waals surface area (Å²) in [5, 5.41) is 27.3. The van der Waals surface area contributed by atoms with Gasteiger partial charge < -0.3 is 0 Å². The number of nitrogens with zero attached hydrogens (tertiary/aromatic N) is 4. The van der Waals surface area contributed by atoms with Crippen LogP contribution in [0, 0.1) is 15.8 Å². The zero-order chi connectivity index (χ0) is 22.8. The minimum Gasteiger partial charge on any atom is -0.257 e. The Morgan fingerprint density at radius 3 is 0.844 bits per heavy atom. The Kier molecular flexibility index (Phi) is 12.6. The predicted molar refractivity (Wildman–Crippen MR) is 152 cm³/mol. The van der Waals surface area contributed by atoms with E-state index >= 15 is 0 Å². The molecule has 0 bridgehead atoms. The van der Waals surface area contributed by atoms with E-state index in [1.165, 1.54) is 45.3 Å². The summed E-state index contributed by atoms with van der Waals surface area (Å²) in [6.07, 6.45) is 0. The first kappa shape index (κ1) is 27.1. The molecule has 4 aromatic rings. The van der Waals surface area contributed by atoms with Crippen LogP contribution in [0.4, 0.5) is 0 Å². The van der Waals surface area contributed by atoms with Crippen LogP contribution in [-0.4, -0.2) is 63.8 Å². The summed E-state index contributed by atoms with van der Waals surface area (Å²) in [6, 6.07) is 0. The van der Waals surface area contributed by atoms with Crippen LogP contribution in [-0.2, 0) is 0 Å². The van der Waals surface area contributed by atoms with Crippen molar-refractivity contribution in [3.05, 3.63) is 15.8 Å². The van der Waals surface area contributed by atoms with Gasteiger partial charge >= 0.3 is 0 Å². The van der Waals surface area contributed by atoms with Gasteiger partial charge in [0.05, 0.1) is 0 Å². The number of nitrogens with one attached hydrogen (secondary N) is 4. The van der Waals surface area contributed by atoms with Gasteiger partial charge in [0.2, 0.25) is 0 Å². The van der Waals surface area contributed by atoms with E-state index in [2.05, 4.69) is 40.8 Å². The van der Waals surface area contributed by atoms with Gasteiger partial charge in [-0.2, -0.15) is 20.4 Å². The summed E-state index contributed by atoms with van der Waals surface area (Å²) in [4.78, 5) is 0. The van der Waals surface area contributed by atoms with Gasteiger partial charge in [-0.3, -0.25) is 20.4 Å². The standard InChI is InChI=1S/2C6H6N4S6/c2*11-3-7-9-5(15-3)13-1-2-14-6-10-8-4(12)16-6/h2*1-2H2,(H,7,11)(H,8,12). The number of hydrogen-bond acceptors (Lipinski definition) is 16. The fourth-order valence-corrected chi connectivity index (χ4v) is 10.2. The first-order valence-corrected chi connectivity index (χ1v) is 17.1. The van der Waals surface area contributed by atoms with Gasteiger partial charge in [0.1, 0.15) is 0 Å². The molecular formula is C12H12N8S12. The molecule has 0 saturated carbocycles. The van der Waals surface area contributed by atoms with E-state index in [0.717, 1.165) is 56.2 Å². The van der Waals surface area contributed by atoms with Crippen molar-refractivity contribution in [1.29, 1.82) is 0 Å². The lowest BCUT2D eigenvalue weighted by molar-refractivity contribution is 1.00. The van der Waals surface area contributed by atoms with Gasteiger partial charge in [-0.25, -0.2) is 0 Å². The summed E-state index contributed by atoms with van der Waals surface area (Å²) in [5.74, 6) is 3.92. The number of hydrogen-bond donors (Lipinski definition) is 4. The molecule has 32 heavy (non-hydrogen) atoms. The predicted octanol–water partition coefficient (Wildman–Crippen LogP) is 7.20. The second kappa shape index (κ2) is 14.8. The van der Waals surface area contributed by atoms with Gasteiger partial charge in [0.25, 0.3) is 0 Å². The van der Waals surface area contributed by atoms with Gasteiger partial charge in [-0.1, -0.05) is 92.4 Å². The molecule has 0 spiro atoms. The lowest BCUT2D eigenvalue weighted by atomic mass is 11.0. The summed E-state index contributed by atoms with van der Waals surface area (Å²) >= 11 is 32.6. The van der Waals surface area contributed by atoms with Crippen LogP contribution in [0.2, 0.25) is 0 Å². The van der Waals surface area contributed by atoms with Crippen LogP contribution in [0.5, 0.6) is 0 Å². The third-order valence-electron chi connectivity index (χ3n) is 2.74. The number of H-pyrrole nitrogens is 4. The van der Waals surface area contributed by atoms with Crippen molar-refractivity contribution in [1.82, 2.24) is 40.8 Å². The molecule has 0 radical (unpaired) electrons. The highest BCUT2D eigenvalue weighted by atomic mass is 32.2. The fourth-order valence-electron chi connectivity index (χ4n) is 1.63. The first-order chi connectivity index (χ1) is 15.5. The smallest absolute Gasteiger partial charge is 0.177 e. The van der Waals surface area contributed by atoms with Crippen LogP contribution in [0.15, 0.2) is 17.4 Å². The maximum atomic E-state index is 4.95. The van der Waals surface area contributed by atoms with Gasteiger partial charge in [-0.05, 0) is 48.9 Å². The molecule has 0 amide bonds. The number of aromatic amines is 4. The zero-order valence-corrected chi connectivity index (χ0v) is 25.3. The monoisotopic (exact) mass is 652 g/mol. The molecule has 0 atom stereocenters. The van der Waals surface area contributed by atoms with E-state index in [0.29, 0.717) is 0 Å². The first-order valence-electron chi connectivity index (χ1n) is 8.21. The lowest BCUT2D eigenvalue weighted by Crippen LogP contribution is -1.83. The minimum atomic E-state index is 0.723. The average molecular weight is 653 g/mol. The minimum absolute atomic E-state index is 0.723. The molecule has 0 aliphatic heterocycles. The Bertz CT molecular complexity index is 1100. The van der Waals surface area contributed by atoms with Crippen LogP contribution >= 0.6 is 141 Å². The van der Waals surface area contributed by atoms with Crippen molar-refractivity contribution in [3.63, 3.8) is 0 Å². The molecule has 4 heterocycles. The molecule has 0 fully saturated rings. The van der Waals surface area contributed by atoms with Crippen molar-refractivity contribution in [2.24, 2.45) is 0 Å². The molecule has 8 nitrogen and oxygen atoms in total. The third kappa shape index (κ3) is 10.4. The summed E-state index contributed by atoms with van der Waals surface area (Å²) < 4.78 is 6.84. The Morgan fingerprint density at radius 1 is 0.469 bits per heavy atom. The Hall–Kier alpha value is 0.520. The Labute approximate surface area is 235 Å². The lowest BCUT2D eigenvalue weighted by Gasteiger charge is -1.94. The zero-order valence-electron chi connectivity index (χ0n) is 15.5. The van der Waals surface area contributed by atoms with E-state index < -0.39 is 0 Å². The molecule has 0 aromatic carbocycles. The van der Waals surface area contributed by atoms with E-state index in [9.17, 15) is 0 Å². The van der Waals surface area contributed by atoms with Crippen molar-refractivity contribution in [3.8, 4) is 0 Å². The Balaban J connectivity index is 0.000000181. The second-order valence-corrected chi connectivity index (χ2v) is 16.9. The second-order valence-electron chi connectivity index (χ2n) is 4.91. The van der Waals surface area contributed by atoms with E-state index in [-0.39, 0.29) is 0 Å². The number of rotatable bonds is 10. The quantitative estimate of drug-likeness (QED) is 0.0789. The number of aromatic nitrogens is 8. The largest absolute Gasteiger partial charge is 0.257 e. The summed E-state index contributed by atoms with van der Waals surface area (Å²) in [5.41, 5.74) is 0. The molecule has 4 aromatic heterocycles. The van der Waals surface area contributed by atoms with Crippen molar-refractivity contribution in [2.45, 2.75) is 17.4 Å². The van der Waals surface area contributed by atoms with Crippen LogP contribution < -0.4 is 0 Å². The third-order valence-corrected chi connectivity index (χ3v) is 12.2. The van der Waals surface area contributed by atoms with Crippen LogP contribution in [0.1, 0.15) is 0 Å². The molecule has 0 aliphatic rings. The average Bonchev–Trinajstić information content (AvgIpc) is 3.54. The summed E-state index contributed by atoms with van der Waals surface area (Å²) in [6.45, 7) is 0. The maximum Gasteiger partial charge on any atom is 0.177 e. The molecule has 172 valence electrons. The molecular weight excluding hydrogens is 641 g/mol. The fraction of sp³-hybridized carbons (Fsp3) is 0.333. The highest BCUT2D eigenvalue weighted by Crippen LogP contribution is 2.26.